The van der Waals surface area contributed by atoms with Gasteiger partial charge in [0.1, 0.15) is 13.2 Å². The first-order valence-electron chi connectivity index (χ1n) is 6.71. The van der Waals surface area contributed by atoms with E-state index in [1.807, 2.05) is 29.6 Å². The summed E-state index contributed by atoms with van der Waals surface area (Å²) >= 11 is 4.98. The Hall–Kier alpha value is -1.08. The van der Waals surface area contributed by atoms with Gasteiger partial charge in [-0.1, -0.05) is 6.07 Å². The summed E-state index contributed by atoms with van der Waals surface area (Å²) in [5, 5.41) is 12.6. The van der Waals surface area contributed by atoms with Crippen LogP contribution in [0.15, 0.2) is 34.1 Å². The third kappa shape index (κ3) is 2.94. The Morgan fingerprint density at radius 2 is 2.00 bits per heavy atom. The van der Waals surface area contributed by atoms with Gasteiger partial charge < -0.3 is 20.3 Å². The first-order valence-corrected chi connectivity index (χ1v) is 8.38. The molecule has 3 N–H and O–H groups in total. The van der Waals surface area contributed by atoms with E-state index in [9.17, 15) is 5.11 Å². The zero-order valence-corrected chi connectivity index (χ0v) is 13.7. The second kappa shape index (κ2) is 6.36. The normalized spacial score (nSPS) is 16.5. The van der Waals surface area contributed by atoms with Gasteiger partial charge in [0, 0.05) is 21.8 Å². The van der Waals surface area contributed by atoms with Gasteiger partial charge in [0.2, 0.25) is 0 Å². The van der Waals surface area contributed by atoms with Crippen LogP contribution in [-0.4, -0.2) is 24.9 Å². The molecule has 4 nitrogen and oxygen atoms in total. The minimum Gasteiger partial charge on any atom is -0.486 e. The van der Waals surface area contributed by atoms with Crippen LogP contribution >= 0.6 is 27.3 Å². The Bertz CT molecular complexity index is 631. The molecule has 6 heteroatoms. The van der Waals surface area contributed by atoms with Crippen molar-refractivity contribution in [2.45, 2.75) is 12.0 Å². The number of halogens is 1. The standard InChI is InChI=1S/C15H16BrNO3S/c16-11-3-6-21-15(11)14(18)10(8-17)9-1-2-12-13(7-9)20-5-4-19-12/h1-3,6-7,10,14,18H,4-5,8,17H2. The van der Waals surface area contributed by atoms with Gasteiger partial charge in [-0.3, -0.25) is 0 Å². The number of thiophene rings is 1. The Labute approximate surface area is 135 Å². The summed E-state index contributed by atoms with van der Waals surface area (Å²) in [6, 6.07) is 7.66. The van der Waals surface area contributed by atoms with Gasteiger partial charge >= 0.3 is 0 Å². The Kier molecular flexibility index (Phi) is 4.49. The highest BCUT2D eigenvalue weighted by molar-refractivity contribution is 9.10. The highest BCUT2D eigenvalue weighted by Crippen LogP contribution is 2.40. The lowest BCUT2D eigenvalue weighted by molar-refractivity contribution is 0.149. The molecule has 0 bridgehead atoms. The van der Waals surface area contributed by atoms with Gasteiger partial charge in [-0.15, -0.1) is 11.3 Å². The number of hydrogen-bond donors (Lipinski definition) is 2. The minimum absolute atomic E-state index is 0.184. The Morgan fingerprint density at radius 3 is 2.67 bits per heavy atom. The van der Waals surface area contributed by atoms with Crippen molar-refractivity contribution in [3.63, 3.8) is 0 Å². The topological polar surface area (TPSA) is 64.7 Å². The van der Waals surface area contributed by atoms with Crippen molar-refractivity contribution in [1.82, 2.24) is 0 Å². The third-order valence-corrected chi connectivity index (χ3v) is 5.48. The number of aliphatic hydroxyl groups excluding tert-OH is 1. The minimum atomic E-state index is -0.646. The molecule has 2 heterocycles. The van der Waals surface area contributed by atoms with Gasteiger partial charge in [0.05, 0.1) is 6.10 Å². The maximum absolute atomic E-state index is 10.6. The summed E-state index contributed by atoms with van der Waals surface area (Å²) < 4.78 is 12.0. The van der Waals surface area contributed by atoms with E-state index in [1.54, 1.807) is 0 Å². The first-order chi connectivity index (χ1) is 10.2. The van der Waals surface area contributed by atoms with Gasteiger partial charge in [-0.25, -0.2) is 0 Å². The van der Waals surface area contributed by atoms with Crippen LogP contribution in [0.25, 0.3) is 0 Å². The number of ether oxygens (including phenoxy) is 2. The van der Waals surface area contributed by atoms with Crippen LogP contribution in [0.1, 0.15) is 22.5 Å². The van der Waals surface area contributed by atoms with Crippen molar-refractivity contribution < 1.29 is 14.6 Å². The molecule has 2 unspecified atom stereocenters. The zero-order valence-electron chi connectivity index (χ0n) is 11.3. The lowest BCUT2D eigenvalue weighted by atomic mass is 9.92. The lowest BCUT2D eigenvalue weighted by Gasteiger charge is -2.24. The van der Waals surface area contributed by atoms with Crippen molar-refractivity contribution in [2.75, 3.05) is 19.8 Å². The Balaban J connectivity index is 1.91. The summed E-state index contributed by atoms with van der Waals surface area (Å²) in [6.07, 6.45) is -0.646. The SMILES string of the molecule is NCC(c1ccc2c(c1)OCCO2)C(O)c1sccc1Br. The monoisotopic (exact) mass is 369 g/mol. The number of hydrogen-bond acceptors (Lipinski definition) is 5. The molecule has 21 heavy (non-hydrogen) atoms. The highest BCUT2D eigenvalue weighted by atomic mass is 79.9. The quantitative estimate of drug-likeness (QED) is 0.868. The molecule has 1 aromatic heterocycles. The molecular formula is C15H16BrNO3S. The summed E-state index contributed by atoms with van der Waals surface area (Å²) in [6.45, 7) is 1.46. The van der Waals surface area contributed by atoms with Gasteiger partial charge in [-0.05, 0) is 45.1 Å². The average Bonchev–Trinajstić information content (AvgIpc) is 2.94. The fourth-order valence-electron chi connectivity index (χ4n) is 2.44. The summed E-state index contributed by atoms with van der Waals surface area (Å²) in [7, 11) is 0. The summed E-state index contributed by atoms with van der Waals surface area (Å²) in [5.74, 6) is 1.28. The van der Waals surface area contributed by atoms with Crippen LogP contribution in [0, 0.1) is 0 Å². The van der Waals surface area contributed by atoms with Gasteiger partial charge in [0.15, 0.2) is 11.5 Å². The van der Waals surface area contributed by atoms with Crippen LogP contribution in [0.3, 0.4) is 0 Å². The fourth-order valence-corrected chi connectivity index (χ4v) is 4.09. The van der Waals surface area contributed by atoms with Crippen molar-refractivity contribution in [2.24, 2.45) is 5.73 Å². The highest BCUT2D eigenvalue weighted by Gasteiger charge is 2.26. The average molecular weight is 370 g/mol. The molecule has 0 fully saturated rings. The molecule has 1 aliphatic rings. The molecule has 0 radical (unpaired) electrons. The first kappa shape index (κ1) is 14.8. The zero-order chi connectivity index (χ0) is 14.8. The lowest BCUT2D eigenvalue weighted by Crippen LogP contribution is -2.21. The van der Waals surface area contributed by atoms with Crippen LogP contribution in [0.5, 0.6) is 11.5 Å². The molecule has 2 atom stereocenters. The molecule has 1 aliphatic heterocycles. The molecule has 2 aromatic rings. The second-order valence-corrected chi connectivity index (χ2v) is 6.62. The molecule has 0 amide bonds. The molecule has 0 spiro atoms. The smallest absolute Gasteiger partial charge is 0.161 e. The number of benzene rings is 1. The molecular weight excluding hydrogens is 354 g/mol. The fraction of sp³-hybridized carbons (Fsp3) is 0.333. The van der Waals surface area contributed by atoms with E-state index in [4.69, 9.17) is 15.2 Å². The largest absolute Gasteiger partial charge is 0.486 e. The van der Waals surface area contributed by atoms with Crippen LogP contribution in [0.4, 0.5) is 0 Å². The van der Waals surface area contributed by atoms with Crippen molar-refractivity contribution in [3.8, 4) is 11.5 Å². The van der Waals surface area contributed by atoms with Crippen molar-refractivity contribution in [3.05, 3.63) is 44.6 Å². The molecule has 0 aliphatic carbocycles. The number of rotatable bonds is 4. The number of nitrogens with two attached hydrogens (primary N) is 1. The molecule has 0 saturated heterocycles. The van der Waals surface area contributed by atoms with Crippen LogP contribution in [-0.2, 0) is 0 Å². The van der Waals surface area contributed by atoms with E-state index in [2.05, 4.69) is 15.9 Å². The third-order valence-electron chi connectivity index (χ3n) is 3.54. The number of aliphatic hydroxyl groups is 1. The predicted octanol–water partition coefficient (Wildman–Crippen LogP) is 3.06. The van der Waals surface area contributed by atoms with Crippen molar-refractivity contribution >= 4 is 27.3 Å². The molecule has 3 rings (SSSR count). The van der Waals surface area contributed by atoms with E-state index in [0.717, 1.165) is 26.4 Å². The summed E-state index contributed by atoms with van der Waals surface area (Å²) in [4.78, 5) is 0.889. The van der Waals surface area contributed by atoms with E-state index in [1.165, 1.54) is 11.3 Å². The van der Waals surface area contributed by atoms with E-state index >= 15 is 0 Å². The van der Waals surface area contributed by atoms with E-state index in [-0.39, 0.29) is 5.92 Å². The Morgan fingerprint density at radius 1 is 1.24 bits per heavy atom. The second-order valence-electron chi connectivity index (χ2n) is 4.82. The molecule has 1 aromatic carbocycles. The van der Waals surface area contributed by atoms with Crippen LogP contribution in [0.2, 0.25) is 0 Å². The van der Waals surface area contributed by atoms with E-state index < -0.39 is 6.10 Å². The van der Waals surface area contributed by atoms with Crippen molar-refractivity contribution in [1.29, 1.82) is 0 Å². The maximum atomic E-state index is 10.6. The molecule has 0 saturated carbocycles. The summed E-state index contributed by atoms with van der Waals surface area (Å²) in [5.41, 5.74) is 6.85. The number of fused-ring (bicyclic) bond motifs is 1. The van der Waals surface area contributed by atoms with Gasteiger partial charge in [-0.2, -0.15) is 0 Å². The maximum Gasteiger partial charge on any atom is 0.161 e. The van der Waals surface area contributed by atoms with E-state index in [0.29, 0.717) is 19.8 Å². The van der Waals surface area contributed by atoms with Crippen LogP contribution < -0.4 is 15.2 Å². The predicted molar refractivity (Wildman–Crippen MR) is 86.2 cm³/mol. The molecule has 112 valence electrons. The van der Waals surface area contributed by atoms with Gasteiger partial charge in [0.25, 0.3) is 0 Å².